The van der Waals surface area contributed by atoms with Crippen molar-refractivity contribution in [3.63, 3.8) is 0 Å². The van der Waals surface area contributed by atoms with Crippen LogP contribution in [0.25, 0.3) is 0 Å². The van der Waals surface area contributed by atoms with E-state index in [-0.39, 0.29) is 5.91 Å². The molecule has 0 spiro atoms. The van der Waals surface area contributed by atoms with E-state index in [1.54, 1.807) is 0 Å². The lowest BCUT2D eigenvalue weighted by Gasteiger charge is -1.89. The fourth-order valence-corrected chi connectivity index (χ4v) is 0.230. The number of amides is 1. The van der Waals surface area contributed by atoms with Gasteiger partial charge in [-0.05, 0) is 6.08 Å². The molecular formula is C6H8FNO. The SMILES string of the molecule is C=C/C(F)=C\NC(C)=O. The fourth-order valence-electron chi connectivity index (χ4n) is 0.230. The van der Waals surface area contributed by atoms with Gasteiger partial charge >= 0.3 is 0 Å². The topological polar surface area (TPSA) is 29.1 Å². The van der Waals surface area contributed by atoms with Crippen LogP contribution in [0.4, 0.5) is 4.39 Å². The molecule has 0 fully saturated rings. The van der Waals surface area contributed by atoms with Crippen molar-refractivity contribution in [1.29, 1.82) is 0 Å². The molecule has 0 aromatic rings. The smallest absolute Gasteiger partial charge is 0.220 e. The quantitative estimate of drug-likeness (QED) is 0.556. The molecule has 50 valence electrons. The van der Waals surface area contributed by atoms with E-state index in [1.165, 1.54) is 6.92 Å². The summed E-state index contributed by atoms with van der Waals surface area (Å²) in [5.74, 6) is -0.850. The van der Waals surface area contributed by atoms with Gasteiger partial charge in [-0.3, -0.25) is 4.79 Å². The molecule has 1 N–H and O–H groups in total. The van der Waals surface area contributed by atoms with Gasteiger partial charge in [-0.25, -0.2) is 4.39 Å². The average Bonchev–Trinajstić information content (AvgIpc) is 1.83. The van der Waals surface area contributed by atoms with Gasteiger partial charge in [0.25, 0.3) is 0 Å². The van der Waals surface area contributed by atoms with Gasteiger partial charge in [0.2, 0.25) is 5.91 Å². The molecule has 0 aliphatic heterocycles. The van der Waals surface area contributed by atoms with E-state index in [0.29, 0.717) is 0 Å². The summed E-state index contributed by atoms with van der Waals surface area (Å²) in [4.78, 5) is 10.1. The number of carbonyl (C=O) groups excluding carboxylic acids is 1. The van der Waals surface area contributed by atoms with Crippen molar-refractivity contribution in [3.8, 4) is 0 Å². The molecule has 1 amide bonds. The second-order valence-electron chi connectivity index (χ2n) is 1.43. The summed E-state index contributed by atoms with van der Waals surface area (Å²) in [7, 11) is 0. The zero-order chi connectivity index (χ0) is 7.28. The highest BCUT2D eigenvalue weighted by Gasteiger charge is 1.86. The molecule has 0 aromatic carbocycles. The van der Waals surface area contributed by atoms with Gasteiger partial charge in [0.05, 0.1) is 0 Å². The third-order valence-electron chi connectivity index (χ3n) is 0.608. The number of nitrogens with one attached hydrogen (secondary N) is 1. The number of carbonyl (C=O) groups is 1. The lowest BCUT2D eigenvalue weighted by molar-refractivity contribution is -0.118. The summed E-state index contributed by atoms with van der Waals surface area (Å²) in [6, 6.07) is 0. The minimum absolute atomic E-state index is 0.299. The van der Waals surface area contributed by atoms with Crippen molar-refractivity contribution < 1.29 is 9.18 Å². The Hall–Kier alpha value is -1.12. The molecule has 0 aromatic heterocycles. The number of hydrogen-bond acceptors (Lipinski definition) is 1. The maximum Gasteiger partial charge on any atom is 0.220 e. The predicted molar refractivity (Wildman–Crippen MR) is 33.2 cm³/mol. The van der Waals surface area contributed by atoms with Crippen LogP contribution in [-0.2, 0) is 4.79 Å². The third-order valence-corrected chi connectivity index (χ3v) is 0.608. The first-order valence-corrected chi connectivity index (χ1v) is 2.42. The van der Waals surface area contributed by atoms with Gasteiger partial charge in [-0.1, -0.05) is 6.58 Å². The lowest BCUT2D eigenvalue weighted by Crippen LogP contribution is -2.11. The Morgan fingerprint density at radius 3 is 2.67 bits per heavy atom. The average molecular weight is 129 g/mol. The summed E-state index contributed by atoms with van der Waals surface area (Å²) in [6.45, 7) is 4.44. The highest BCUT2D eigenvalue weighted by molar-refractivity contribution is 5.73. The van der Waals surface area contributed by atoms with Gasteiger partial charge in [0.15, 0.2) is 0 Å². The third kappa shape index (κ3) is 4.74. The van der Waals surface area contributed by atoms with E-state index in [4.69, 9.17) is 0 Å². The van der Waals surface area contributed by atoms with Gasteiger partial charge in [-0.2, -0.15) is 0 Å². The van der Waals surface area contributed by atoms with Crippen LogP contribution < -0.4 is 5.32 Å². The fraction of sp³-hybridized carbons (Fsp3) is 0.167. The largest absolute Gasteiger partial charge is 0.330 e. The van der Waals surface area contributed by atoms with Crippen LogP contribution in [0.15, 0.2) is 24.7 Å². The lowest BCUT2D eigenvalue weighted by atomic mass is 10.5. The molecule has 9 heavy (non-hydrogen) atoms. The summed E-state index contributed by atoms with van der Waals surface area (Å²) in [5, 5.41) is 2.15. The van der Waals surface area contributed by atoms with E-state index >= 15 is 0 Å². The van der Waals surface area contributed by atoms with Crippen LogP contribution in [0.2, 0.25) is 0 Å². The molecule has 0 rings (SSSR count). The number of hydrogen-bond donors (Lipinski definition) is 1. The number of allylic oxidation sites excluding steroid dienone is 2. The molecule has 0 saturated carbocycles. The Kier molecular flexibility index (Phi) is 3.35. The van der Waals surface area contributed by atoms with E-state index in [2.05, 4.69) is 11.9 Å². The van der Waals surface area contributed by atoms with Crippen molar-refractivity contribution in [1.82, 2.24) is 5.32 Å². The maximum atomic E-state index is 12.0. The Labute approximate surface area is 53.1 Å². The van der Waals surface area contributed by atoms with Crippen molar-refractivity contribution in [2.45, 2.75) is 6.92 Å². The van der Waals surface area contributed by atoms with E-state index < -0.39 is 5.83 Å². The highest BCUT2D eigenvalue weighted by atomic mass is 19.1. The van der Waals surface area contributed by atoms with Crippen molar-refractivity contribution in [3.05, 3.63) is 24.7 Å². The monoisotopic (exact) mass is 129 g/mol. The van der Waals surface area contributed by atoms with Crippen molar-refractivity contribution >= 4 is 5.91 Å². The van der Waals surface area contributed by atoms with Crippen LogP contribution in [-0.4, -0.2) is 5.91 Å². The Morgan fingerprint density at radius 1 is 1.78 bits per heavy atom. The van der Waals surface area contributed by atoms with Crippen LogP contribution in [0.5, 0.6) is 0 Å². The van der Waals surface area contributed by atoms with E-state index in [0.717, 1.165) is 12.3 Å². The Balaban J connectivity index is 3.69. The zero-order valence-corrected chi connectivity index (χ0v) is 5.15. The minimum atomic E-state index is -0.551. The second kappa shape index (κ2) is 3.83. The molecule has 0 heterocycles. The van der Waals surface area contributed by atoms with Crippen LogP contribution >= 0.6 is 0 Å². The van der Waals surface area contributed by atoms with Crippen LogP contribution in [0, 0.1) is 0 Å². The standard InChI is InChI=1S/C6H8FNO/c1-3-6(7)4-8-5(2)9/h3-4H,1H2,2H3,(H,8,9)/b6-4+. The van der Waals surface area contributed by atoms with Crippen LogP contribution in [0.1, 0.15) is 6.92 Å². The summed E-state index contributed by atoms with van der Waals surface area (Å²) < 4.78 is 12.0. The second-order valence-corrected chi connectivity index (χ2v) is 1.43. The summed E-state index contributed by atoms with van der Waals surface area (Å²) in [5.41, 5.74) is 0. The molecule has 0 atom stereocenters. The van der Waals surface area contributed by atoms with Gasteiger partial charge in [0, 0.05) is 13.1 Å². The van der Waals surface area contributed by atoms with E-state index in [1.807, 2.05) is 0 Å². The highest BCUT2D eigenvalue weighted by Crippen LogP contribution is 1.91. The van der Waals surface area contributed by atoms with Crippen molar-refractivity contribution in [2.24, 2.45) is 0 Å². The van der Waals surface area contributed by atoms with Gasteiger partial charge in [-0.15, -0.1) is 0 Å². The zero-order valence-electron chi connectivity index (χ0n) is 5.15. The van der Waals surface area contributed by atoms with E-state index in [9.17, 15) is 9.18 Å². The number of halogens is 1. The molecular weight excluding hydrogens is 121 g/mol. The molecule has 0 saturated heterocycles. The number of rotatable bonds is 2. The van der Waals surface area contributed by atoms with Crippen LogP contribution in [0.3, 0.4) is 0 Å². The minimum Gasteiger partial charge on any atom is -0.330 e. The Bertz CT molecular complexity index is 151. The predicted octanol–water partition coefficient (Wildman–Crippen LogP) is 1.12. The molecule has 0 aliphatic carbocycles. The molecule has 2 nitrogen and oxygen atoms in total. The first-order valence-electron chi connectivity index (χ1n) is 2.42. The molecule has 0 aliphatic rings. The normalized spacial score (nSPS) is 10.7. The van der Waals surface area contributed by atoms with Gasteiger partial charge < -0.3 is 5.32 Å². The molecule has 0 unspecified atom stereocenters. The molecule has 0 radical (unpaired) electrons. The summed E-state index contributed by atoms with van der Waals surface area (Å²) in [6.07, 6.45) is 1.96. The van der Waals surface area contributed by atoms with Crippen molar-refractivity contribution in [2.75, 3.05) is 0 Å². The summed E-state index contributed by atoms with van der Waals surface area (Å²) >= 11 is 0. The first kappa shape index (κ1) is 7.88. The first-order chi connectivity index (χ1) is 4.16. The Morgan fingerprint density at radius 2 is 2.33 bits per heavy atom. The van der Waals surface area contributed by atoms with Gasteiger partial charge in [0.1, 0.15) is 5.83 Å². The molecule has 0 bridgehead atoms. The maximum absolute atomic E-state index is 12.0. The molecule has 3 heteroatoms.